The first kappa shape index (κ1) is 24.4. The molecule has 1 fully saturated rings. The average Bonchev–Trinajstić information content (AvgIpc) is 2.85. The molecule has 10 heteroatoms. The van der Waals surface area contributed by atoms with Gasteiger partial charge in [-0.15, -0.1) is 0 Å². The molecule has 0 aliphatic carbocycles. The number of carbonyl (C=O) groups is 2. The van der Waals surface area contributed by atoms with Crippen molar-refractivity contribution in [2.75, 3.05) is 49.7 Å². The molecule has 1 unspecified atom stereocenters. The number of nitrogens with zero attached hydrogens (tertiary/aromatic N) is 3. The molecule has 0 bridgehead atoms. The van der Waals surface area contributed by atoms with Crippen LogP contribution in [0.2, 0.25) is 0 Å². The SMILES string of the molecule is CSCCC(NC(=O)COc1ccccc1)C(=O)N1CCN(c2ccccc2[N+](=O)[O-])CC1. The molecule has 0 spiro atoms. The van der Waals surface area contributed by atoms with Gasteiger partial charge in [-0.1, -0.05) is 30.3 Å². The van der Waals surface area contributed by atoms with Gasteiger partial charge >= 0.3 is 0 Å². The Hall–Kier alpha value is -3.27. The molecule has 1 N–H and O–H groups in total. The zero-order valence-electron chi connectivity index (χ0n) is 18.5. The summed E-state index contributed by atoms with van der Waals surface area (Å²) in [4.78, 5) is 40.2. The summed E-state index contributed by atoms with van der Waals surface area (Å²) in [5, 5.41) is 14.1. The van der Waals surface area contributed by atoms with Crippen LogP contribution in [0, 0.1) is 10.1 Å². The van der Waals surface area contributed by atoms with E-state index in [2.05, 4.69) is 5.32 Å². The molecule has 1 atom stereocenters. The van der Waals surface area contributed by atoms with Crippen molar-refractivity contribution in [1.82, 2.24) is 10.2 Å². The number of para-hydroxylation sites is 3. The first-order valence-corrected chi connectivity index (χ1v) is 12.1. The second kappa shape index (κ2) is 12.1. The summed E-state index contributed by atoms with van der Waals surface area (Å²) >= 11 is 1.61. The van der Waals surface area contributed by atoms with Gasteiger partial charge in [-0.3, -0.25) is 19.7 Å². The topological polar surface area (TPSA) is 105 Å². The minimum absolute atomic E-state index is 0.0563. The van der Waals surface area contributed by atoms with Gasteiger partial charge in [0.2, 0.25) is 5.91 Å². The van der Waals surface area contributed by atoms with Crippen LogP contribution in [0.1, 0.15) is 6.42 Å². The van der Waals surface area contributed by atoms with Gasteiger partial charge < -0.3 is 19.9 Å². The minimum atomic E-state index is -0.637. The fourth-order valence-corrected chi connectivity index (χ4v) is 4.14. The van der Waals surface area contributed by atoms with Gasteiger partial charge in [-0.25, -0.2) is 0 Å². The van der Waals surface area contributed by atoms with Crippen LogP contribution in [-0.4, -0.2) is 72.5 Å². The smallest absolute Gasteiger partial charge is 0.292 e. The lowest BCUT2D eigenvalue weighted by Crippen LogP contribution is -2.55. The van der Waals surface area contributed by atoms with Crippen molar-refractivity contribution in [3.63, 3.8) is 0 Å². The number of amides is 2. The van der Waals surface area contributed by atoms with Crippen LogP contribution in [0.25, 0.3) is 0 Å². The summed E-state index contributed by atoms with van der Waals surface area (Å²) in [5.74, 6) is 0.828. The van der Waals surface area contributed by atoms with Crippen LogP contribution in [-0.2, 0) is 9.59 Å². The van der Waals surface area contributed by atoms with E-state index in [9.17, 15) is 19.7 Å². The molecule has 0 radical (unpaired) electrons. The monoisotopic (exact) mass is 472 g/mol. The van der Waals surface area contributed by atoms with Crippen LogP contribution < -0.4 is 15.0 Å². The molecule has 1 aliphatic rings. The van der Waals surface area contributed by atoms with Crippen molar-refractivity contribution in [1.29, 1.82) is 0 Å². The summed E-state index contributed by atoms with van der Waals surface area (Å²) in [5.41, 5.74) is 0.612. The molecule has 2 amide bonds. The highest BCUT2D eigenvalue weighted by Crippen LogP contribution is 2.28. The van der Waals surface area contributed by atoms with E-state index in [1.165, 1.54) is 6.07 Å². The zero-order chi connectivity index (χ0) is 23.6. The number of anilines is 1. The summed E-state index contributed by atoms with van der Waals surface area (Å²) in [6, 6.07) is 15.0. The fourth-order valence-electron chi connectivity index (χ4n) is 3.67. The lowest BCUT2D eigenvalue weighted by atomic mass is 10.1. The molecule has 33 heavy (non-hydrogen) atoms. The van der Waals surface area contributed by atoms with Crippen molar-refractivity contribution in [2.45, 2.75) is 12.5 Å². The third kappa shape index (κ3) is 6.85. The van der Waals surface area contributed by atoms with Crippen LogP contribution >= 0.6 is 11.8 Å². The Balaban J connectivity index is 1.57. The summed E-state index contributed by atoms with van der Waals surface area (Å²) < 4.78 is 5.49. The van der Waals surface area contributed by atoms with E-state index in [-0.39, 0.29) is 24.1 Å². The number of nitro groups is 1. The largest absolute Gasteiger partial charge is 0.484 e. The number of hydrogen-bond acceptors (Lipinski definition) is 7. The second-order valence-corrected chi connectivity index (χ2v) is 8.55. The Morgan fingerprint density at radius 2 is 1.76 bits per heavy atom. The standard InChI is InChI=1S/C23H28N4O5S/c1-33-16-11-19(24-22(28)17-32-18-7-3-2-4-8-18)23(29)26-14-12-25(13-15-26)20-9-5-6-10-21(20)27(30)31/h2-10,19H,11-17H2,1H3,(H,24,28). The maximum atomic E-state index is 13.2. The van der Waals surface area contributed by atoms with Gasteiger partial charge in [-0.05, 0) is 36.6 Å². The van der Waals surface area contributed by atoms with Crippen molar-refractivity contribution in [3.8, 4) is 5.75 Å². The van der Waals surface area contributed by atoms with Crippen molar-refractivity contribution in [2.24, 2.45) is 0 Å². The summed E-state index contributed by atoms with van der Waals surface area (Å²) in [7, 11) is 0. The Morgan fingerprint density at radius 1 is 1.09 bits per heavy atom. The highest BCUT2D eigenvalue weighted by molar-refractivity contribution is 7.98. The van der Waals surface area contributed by atoms with Crippen LogP contribution in [0.4, 0.5) is 11.4 Å². The minimum Gasteiger partial charge on any atom is -0.484 e. The van der Waals surface area contributed by atoms with Crippen molar-refractivity contribution >= 4 is 35.0 Å². The van der Waals surface area contributed by atoms with E-state index in [1.54, 1.807) is 47.0 Å². The number of piperazine rings is 1. The maximum Gasteiger partial charge on any atom is 0.292 e. The predicted molar refractivity (Wildman–Crippen MR) is 129 cm³/mol. The second-order valence-electron chi connectivity index (χ2n) is 7.56. The van der Waals surface area contributed by atoms with E-state index < -0.39 is 11.0 Å². The fraction of sp³-hybridized carbons (Fsp3) is 0.391. The number of carbonyl (C=O) groups excluding carboxylic acids is 2. The molecule has 0 saturated carbocycles. The molecular formula is C23H28N4O5S. The van der Waals surface area contributed by atoms with Gasteiger partial charge in [0.15, 0.2) is 6.61 Å². The Labute approximate surface area is 197 Å². The van der Waals surface area contributed by atoms with Crippen molar-refractivity contribution < 1.29 is 19.2 Å². The summed E-state index contributed by atoms with van der Waals surface area (Å²) in [6.07, 6.45) is 2.47. The van der Waals surface area contributed by atoms with Crippen LogP contribution in [0.5, 0.6) is 5.75 Å². The van der Waals surface area contributed by atoms with E-state index in [0.29, 0.717) is 44.0 Å². The number of thioether (sulfide) groups is 1. The number of hydrogen-bond donors (Lipinski definition) is 1. The van der Waals surface area contributed by atoms with Crippen molar-refractivity contribution in [3.05, 3.63) is 64.7 Å². The van der Waals surface area contributed by atoms with E-state index in [4.69, 9.17) is 4.74 Å². The van der Waals surface area contributed by atoms with Gasteiger partial charge in [0, 0.05) is 32.2 Å². The molecule has 1 aliphatic heterocycles. The number of nitrogens with one attached hydrogen (secondary N) is 1. The molecular weight excluding hydrogens is 444 g/mol. The van der Waals surface area contributed by atoms with Crippen LogP contribution in [0.3, 0.4) is 0 Å². The highest BCUT2D eigenvalue weighted by Gasteiger charge is 2.30. The predicted octanol–water partition coefficient (Wildman–Crippen LogP) is 2.56. The van der Waals surface area contributed by atoms with Gasteiger partial charge in [0.05, 0.1) is 4.92 Å². The molecule has 9 nitrogen and oxygen atoms in total. The number of benzene rings is 2. The van der Waals surface area contributed by atoms with Gasteiger partial charge in [0.25, 0.3) is 11.6 Å². The molecule has 176 valence electrons. The first-order chi connectivity index (χ1) is 16.0. The quantitative estimate of drug-likeness (QED) is 0.419. The van der Waals surface area contributed by atoms with Gasteiger partial charge in [-0.2, -0.15) is 11.8 Å². The lowest BCUT2D eigenvalue weighted by molar-refractivity contribution is -0.384. The highest BCUT2D eigenvalue weighted by atomic mass is 32.2. The molecule has 2 aromatic carbocycles. The maximum absolute atomic E-state index is 13.2. The molecule has 3 rings (SSSR count). The number of rotatable bonds is 10. The molecule has 1 saturated heterocycles. The molecule has 1 heterocycles. The van der Waals surface area contributed by atoms with E-state index >= 15 is 0 Å². The average molecular weight is 473 g/mol. The summed E-state index contributed by atoms with van der Waals surface area (Å²) in [6.45, 7) is 1.65. The Morgan fingerprint density at radius 3 is 2.42 bits per heavy atom. The van der Waals surface area contributed by atoms with E-state index in [1.807, 2.05) is 29.4 Å². The Kier molecular flexibility index (Phi) is 8.94. The Bertz CT molecular complexity index is 951. The zero-order valence-corrected chi connectivity index (χ0v) is 19.3. The van der Waals surface area contributed by atoms with Crippen LogP contribution in [0.15, 0.2) is 54.6 Å². The third-order valence-corrected chi connectivity index (χ3v) is 6.01. The number of nitro benzene ring substituents is 1. The molecule has 2 aromatic rings. The third-order valence-electron chi connectivity index (χ3n) is 5.37. The first-order valence-electron chi connectivity index (χ1n) is 10.7. The lowest BCUT2D eigenvalue weighted by Gasteiger charge is -2.37. The van der Waals surface area contributed by atoms with E-state index in [0.717, 1.165) is 5.75 Å². The van der Waals surface area contributed by atoms with Gasteiger partial charge in [0.1, 0.15) is 17.5 Å². The normalized spacial score (nSPS) is 14.5. The molecule has 0 aromatic heterocycles. The number of ether oxygens (including phenoxy) is 1.